The van der Waals surface area contributed by atoms with Gasteiger partial charge in [-0.15, -0.1) is 0 Å². The van der Waals surface area contributed by atoms with Gasteiger partial charge in [-0.25, -0.2) is 0 Å². The quantitative estimate of drug-likeness (QED) is 0.818. The predicted octanol–water partition coefficient (Wildman–Crippen LogP) is 2.35. The van der Waals surface area contributed by atoms with Crippen molar-refractivity contribution in [1.29, 1.82) is 0 Å². The van der Waals surface area contributed by atoms with Gasteiger partial charge in [0, 0.05) is 32.5 Å². The Morgan fingerprint density at radius 3 is 2.67 bits per heavy atom. The molecule has 1 heterocycles. The van der Waals surface area contributed by atoms with Gasteiger partial charge in [0.2, 0.25) is 0 Å². The number of aryl methyl sites for hydroxylation is 2. The summed E-state index contributed by atoms with van der Waals surface area (Å²) in [6.45, 7) is 7.50. The summed E-state index contributed by atoms with van der Waals surface area (Å²) >= 11 is 0. The number of piperidine rings is 1. The van der Waals surface area contributed by atoms with Gasteiger partial charge in [-0.2, -0.15) is 0 Å². The second-order valence-electron chi connectivity index (χ2n) is 5.00. The van der Waals surface area contributed by atoms with Crippen molar-refractivity contribution in [3.63, 3.8) is 0 Å². The van der Waals surface area contributed by atoms with E-state index >= 15 is 0 Å². The van der Waals surface area contributed by atoms with Crippen molar-refractivity contribution in [2.75, 3.05) is 26.2 Å². The van der Waals surface area contributed by atoms with E-state index in [0.29, 0.717) is 25.2 Å². The number of benzene rings is 1. The molecule has 0 bridgehead atoms. The molecule has 0 aliphatic carbocycles. The average molecular weight is 247 g/mol. The first-order chi connectivity index (χ1) is 8.65. The minimum Gasteiger partial charge on any atom is -0.492 e. The van der Waals surface area contributed by atoms with Crippen molar-refractivity contribution in [1.82, 2.24) is 4.90 Å². The van der Waals surface area contributed by atoms with E-state index in [4.69, 9.17) is 4.74 Å². The summed E-state index contributed by atoms with van der Waals surface area (Å²) < 4.78 is 5.82. The minimum atomic E-state index is 0.390. The van der Waals surface area contributed by atoms with E-state index in [1.54, 1.807) is 0 Å². The van der Waals surface area contributed by atoms with Crippen molar-refractivity contribution in [3.8, 4) is 5.75 Å². The first-order valence-corrected chi connectivity index (χ1v) is 6.59. The highest BCUT2D eigenvalue weighted by molar-refractivity contribution is 5.79. The van der Waals surface area contributed by atoms with E-state index < -0.39 is 0 Å². The van der Waals surface area contributed by atoms with Crippen molar-refractivity contribution in [2.45, 2.75) is 26.7 Å². The fourth-order valence-corrected chi connectivity index (χ4v) is 2.17. The molecule has 0 N–H and O–H groups in total. The van der Waals surface area contributed by atoms with E-state index in [-0.39, 0.29) is 0 Å². The number of nitrogens with zero attached hydrogens (tertiary/aromatic N) is 1. The van der Waals surface area contributed by atoms with Crippen LogP contribution >= 0.6 is 0 Å². The summed E-state index contributed by atoms with van der Waals surface area (Å²) in [4.78, 5) is 13.4. The first kappa shape index (κ1) is 13.1. The van der Waals surface area contributed by atoms with Crippen LogP contribution in [0.4, 0.5) is 0 Å². The Balaban J connectivity index is 1.78. The Bertz CT molecular complexity index is 419. The van der Waals surface area contributed by atoms with Gasteiger partial charge >= 0.3 is 0 Å². The molecule has 0 radical (unpaired) electrons. The molecule has 0 unspecified atom stereocenters. The number of rotatable bonds is 4. The average Bonchev–Trinajstić information content (AvgIpc) is 2.36. The lowest BCUT2D eigenvalue weighted by molar-refractivity contribution is -0.121. The highest BCUT2D eigenvalue weighted by Gasteiger charge is 2.15. The molecule has 98 valence electrons. The molecule has 1 aliphatic rings. The molecule has 1 saturated heterocycles. The Hall–Kier alpha value is -1.35. The molecule has 0 aromatic heterocycles. The molecule has 18 heavy (non-hydrogen) atoms. The van der Waals surface area contributed by atoms with Gasteiger partial charge in [0.15, 0.2) is 0 Å². The van der Waals surface area contributed by atoms with Gasteiger partial charge in [0.25, 0.3) is 0 Å². The Kier molecular flexibility index (Phi) is 4.37. The van der Waals surface area contributed by atoms with Crippen molar-refractivity contribution < 1.29 is 9.53 Å². The van der Waals surface area contributed by atoms with Crippen molar-refractivity contribution in [2.24, 2.45) is 0 Å². The van der Waals surface area contributed by atoms with Crippen molar-refractivity contribution >= 4 is 5.78 Å². The normalized spacial score (nSPS) is 16.9. The van der Waals surface area contributed by atoms with Crippen LogP contribution in [-0.2, 0) is 4.79 Å². The molecule has 0 spiro atoms. The third-order valence-electron chi connectivity index (χ3n) is 3.42. The van der Waals surface area contributed by atoms with E-state index in [1.165, 1.54) is 11.1 Å². The smallest absolute Gasteiger partial charge is 0.135 e. The standard InChI is InChI=1S/C15H21NO2/c1-12-3-4-13(2)15(11-12)18-10-9-16-7-5-14(17)6-8-16/h3-4,11H,5-10H2,1-2H3. The Morgan fingerprint density at radius 2 is 1.94 bits per heavy atom. The Labute approximate surface area is 109 Å². The number of ether oxygens (including phenoxy) is 1. The summed E-state index contributed by atoms with van der Waals surface area (Å²) in [6.07, 6.45) is 1.40. The summed E-state index contributed by atoms with van der Waals surface area (Å²) in [7, 11) is 0. The van der Waals surface area contributed by atoms with Crippen LogP contribution in [0.1, 0.15) is 24.0 Å². The van der Waals surface area contributed by atoms with Gasteiger partial charge in [0.1, 0.15) is 18.1 Å². The lowest BCUT2D eigenvalue weighted by atomic mass is 10.1. The zero-order valence-corrected chi connectivity index (χ0v) is 11.2. The molecule has 0 amide bonds. The zero-order valence-electron chi connectivity index (χ0n) is 11.2. The monoisotopic (exact) mass is 247 g/mol. The van der Waals surface area contributed by atoms with Crippen LogP contribution in [-0.4, -0.2) is 36.9 Å². The van der Waals surface area contributed by atoms with E-state index in [1.807, 2.05) is 0 Å². The van der Waals surface area contributed by atoms with Crippen LogP contribution < -0.4 is 4.74 Å². The lowest BCUT2D eigenvalue weighted by Crippen LogP contribution is -2.36. The molecular formula is C15H21NO2. The van der Waals surface area contributed by atoms with Gasteiger partial charge in [0.05, 0.1) is 0 Å². The Morgan fingerprint density at radius 1 is 1.22 bits per heavy atom. The van der Waals surface area contributed by atoms with Gasteiger partial charge in [-0.3, -0.25) is 9.69 Å². The van der Waals surface area contributed by atoms with E-state index in [2.05, 4.69) is 36.9 Å². The van der Waals surface area contributed by atoms with E-state index in [0.717, 1.165) is 25.4 Å². The number of hydrogen-bond acceptors (Lipinski definition) is 3. The highest BCUT2D eigenvalue weighted by atomic mass is 16.5. The molecular weight excluding hydrogens is 226 g/mol. The fourth-order valence-electron chi connectivity index (χ4n) is 2.17. The summed E-state index contributed by atoms with van der Waals surface area (Å²) in [5.74, 6) is 1.37. The van der Waals surface area contributed by atoms with Crippen LogP contribution in [0.3, 0.4) is 0 Å². The second kappa shape index (κ2) is 6.01. The lowest BCUT2D eigenvalue weighted by Gasteiger charge is -2.25. The molecule has 3 heteroatoms. The SMILES string of the molecule is Cc1ccc(C)c(OCCN2CCC(=O)CC2)c1. The maximum absolute atomic E-state index is 11.1. The maximum Gasteiger partial charge on any atom is 0.135 e. The largest absolute Gasteiger partial charge is 0.492 e. The van der Waals surface area contributed by atoms with Gasteiger partial charge in [-0.05, 0) is 31.0 Å². The fraction of sp³-hybridized carbons (Fsp3) is 0.533. The zero-order chi connectivity index (χ0) is 13.0. The number of likely N-dealkylation sites (tertiary alicyclic amines) is 1. The predicted molar refractivity (Wildman–Crippen MR) is 72.1 cm³/mol. The number of ketones is 1. The molecule has 2 rings (SSSR count). The molecule has 1 fully saturated rings. The topological polar surface area (TPSA) is 29.5 Å². The van der Waals surface area contributed by atoms with Crippen LogP contribution in [0.5, 0.6) is 5.75 Å². The van der Waals surface area contributed by atoms with Gasteiger partial charge < -0.3 is 4.74 Å². The van der Waals surface area contributed by atoms with Gasteiger partial charge in [-0.1, -0.05) is 12.1 Å². The van der Waals surface area contributed by atoms with Crippen LogP contribution in [0, 0.1) is 13.8 Å². The van der Waals surface area contributed by atoms with Crippen LogP contribution in [0.15, 0.2) is 18.2 Å². The number of carbonyl (C=O) groups excluding carboxylic acids is 1. The third kappa shape index (κ3) is 3.57. The van der Waals surface area contributed by atoms with E-state index in [9.17, 15) is 4.79 Å². The molecule has 0 atom stereocenters. The third-order valence-corrected chi connectivity index (χ3v) is 3.42. The molecule has 1 aliphatic heterocycles. The summed E-state index contributed by atoms with van der Waals surface area (Å²) in [5, 5.41) is 0. The molecule has 1 aromatic rings. The molecule has 3 nitrogen and oxygen atoms in total. The second-order valence-corrected chi connectivity index (χ2v) is 5.00. The maximum atomic E-state index is 11.1. The van der Waals surface area contributed by atoms with Crippen LogP contribution in [0.25, 0.3) is 0 Å². The number of Topliss-reactive ketones (excluding diaryl/α,β-unsaturated/α-hetero) is 1. The summed E-state index contributed by atoms with van der Waals surface area (Å²) in [6, 6.07) is 6.26. The molecule has 0 saturated carbocycles. The van der Waals surface area contributed by atoms with Crippen molar-refractivity contribution in [3.05, 3.63) is 29.3 Å². The summed E-state index contributed by atoms with van der Waals surface area (Å²) in [5.41, 5.74) is 2.40. The highest BCUT2D eigenvalue weighted by Crippen LogP contribution is 2.19. The van der Waals surface area contributed by atoms with Crippen LogP contribution in [0.2, 0.25) is 0 Å². The minimum absolute atomic E-state index is 0.390. The first-order valence-electron chi connectivity index (χ1n) is 6.59. The number of carbonyl (C=O) groups is 1. The molecule has 1 aromatic carbocycles. The number of hydrogen-bond donors (Lipinski definition) is 0.